The molecule has 4 nitrogen and oxygen atoms in total. The number of benzene rings is 1. The molecule has 1 amide bonds. The lowest BCUT2D eigenvalue weighted by atomic mass is 9.62. The molecule has 120 valence electrons. The molecule has 23 heavy (non-hydrogen) atoms. The Kier molecular flexibility index (Phi) is 3.47. The molecule has 0 unspecified atom stereocenters. The molecule has 1 aromatic rings. The van der Waals surface area contributed by atoms with Gasteiger partial charge < -0.3 is 10.4 Å². The van der Waals surface area contributed by atoms with Crippen molar-refractivity contribution in [1.29, 1.82) is 0 Å². The summed E-state index contributed by atoms with van der Waals surface area (Å²) >= 11 is 0. The molecule has 4 heteroatoms. The van der Waals surface area contributed by atoms with Crippen molar-refractivity contribution < 1.29 is 14.7 Å². The molecule has 2 bridgehead atoms. The first-order valence-electron chi connectivity index (χ1n) is 8.39. The fourth-order valence-electron chi connectivity index (χ4n) is 4.66. The minimum absolute atomic E-state index is 0.0485. The van der Waals surface area contributed by atoms with E-state index in [0.29, 0.717) is 18.4 Å². The maximum Gasteiger partial charge on any atom is 0.307 e. The number of carbonyl (C=O) groups is 2. The third kappa shape index (κ3) is 2.46. The van der Waals surface area contributed by atoms with Crippen LogP contribution < -0.4 is 5.32 Å². The van der Waals surface area contributed by atoms with Gasteiger partial charge in [-0.1, -0.05) is 42.5 Å². The van der Waals surface area contributed by atoms with Crippen LogP contribution in [0.4, 0.5) is 0 Å². The minimum Gasteiger partial charge on any atom is -0.481 e. The van der Waals surface area contributed by atoms with Crippen LogP contribution in [-0.4, -0.2) is 23.5 Å². The smallest absolute Gasteiger partial charge is 0.307 e. The van der Waals surface area contributed by atoms with E-state index >= 15 is 0 Å². The summed E-state index contributed by atoms with van der Waals surface area (Å²) in [6, 6.07) is 10.0. The van der Waals surface area contributed by atoms with Crippen molar-refractivity contribution in [2.24, 2.45) is 35.5 Å². The number of aliphatic carboxylic acids is 1. The number of allylic oxidation sites excluding steroid dienone is 2. The maximum absolute atomic E-state index is 12.6. The van der Waals surface area contributed by atoms with Crippen LogP contribution in [0.3, 0.4) is 0 Å². The average molecular weight is 311 g/mol. The number of fused-ring (bicyclic) bond motifs is 1. The van der Waals surface area contributed by atoms with Crippen LogP contribution >= 0.6 is 0 Å². The van der Waals surface area contributed by atoms with Gasteiger partial charge in [0.05, 0.1) is 11.8 Å². The zero-order valence-corrected chi connectivity index (χ0v) is 12.9. The highest BCUT2D eigenvalue weighted by Crippen LogP contribution is 2.63. The monoisotopic (exact) mass is 311 g/mol. The Morgan fingerprint density at radius 2 is 1.70 bits per heavy atom. The number of carbonyl (C=O) groups excluding carboxylic acids is 1. The third-order valence-corrected chi connectivity index (χ3v) is 5.80. The Morgan fingerprint density at radius 3 is 2.35 bits per heavy atom. The number of rotatable bonds is 5. The molecular formula is C19H21NO3. The summed E-state index contributed by atoms with van der Waals surface area (Å²) in [5, 5.41) is 12.6. The van der Waals surface area contributed by atoms with Gasteiger partial charge in [-0.05, 0) is 42.1 Å². The summed E-state index contributed by atoms with van der Waals surface area (Å²) in [5.41, 5.74) is 1.18. The number of carboxylic acid groups (broad SMARTS) is 1. The second-order valence-electron chi connectivity index (χ2n) is 7.02. The van der Waals surface area contributed by atoms with Crippen LogP contribution in [0.1, 0.15) is 12.0 Å². The molecule has 0 aliphatic heterocycles. The van der Waals surface area contributed by atoms with Gasteiger partial charge in [-0.25, -0.2) is 0 Å². The highest BCUT2D eigenvalue weighted by molar-refractivity contribution is 5.86. The number of nitrogens with one attached hydrogen (secondary N) is 1. The number of carboxylic acids is 1. The van der Waals surface area contributed by atoms with Crippen LogP contribution in [-0.2, 0) is 16.0 Å². The second kappa shape index (κ2) is 5.52. The summed E-state index contributed by atoms with van der Waals surface area (Å²) in [7, 11) is 0. The molecule has 1 aromatic carbocycles. The van der Waals surface area contributed by atoms with E-state index < -0.39 is 17.8 Å². The van der Waals surface area contributed by atoms with Gasteiger partial charge in [0.2, 0.25) is 5.91 Å². The lowest BCUT2D eigenvalue weighted by Crippen LogP contribution is -2.50. The van der Waals surface area contributed by atoms with E-state index in [1.165, 1.54) is 5.56 Å². The Bertz CT molecular complexity index is 654. The molecular weight excluding hydrogens is 290 g/mol. The molecule has 4 aliphatic rings. The molecule has 4 aliphatic carbocycles. The normalized spacial score (nSPS) is 36.3. The van der Waals surface area contributed by atoms with Crippen molar-refractivity contribution in [3.8, 4) is 0 Å². The second-order valence-corrected chi connectivity index (χ2v) is 7.02. The summed E-state index contributed by atoms with van der Waals surface area (Å²) in [5.74, 6) is -0.663. The molecule has 6 atom stereocenters. The van der Waals surface area contributed by atoms with E-state index in [4.69, 9.17) is 0 Å². The minimum atomic E-state index is -0.821. The standard InChI is InChI=1S/C19H21NO3/c21-18(20-9-8-11-4-2-1-3-5-11)16-12-6-7-13(15-10-14(12)15)17(16)19(22)23/h1-7,12-17H,8-10H2,(H,20,21)(H,22,23)/t12-,13+,14+,15+,16-,17-/m0/s1. The number of hydrogen-bond acceptors (Lipinski definition) is 2. The van der Waals surface area contributed by atoms with Crippen molar-refractivity contribution >= 4 is 11.9 Å². The van der Waals surface area contributed by atoms with Gasteiger partial charge >= 0.3 is 5.97 Å². The first kappa shape index (κ1) is 14.5. The third-order valence-electron chi connectivity index (χ3n) is 5.80. The first-order chi connectivity index (χ1) is 11.2. The van der Waals surface area contributed by atoms with Crippen molar-refractivity contribution in [2.45, 2.75) is 12.8 Å². The SMILES string of the molecule is O=C(O)[C@H]1[C@@H]2C=C[C@@H]([C@H]3C[C@H]23)[C@@H]1C(=O)NCCc1ccccc1. The summed E-state index contributed by atoms with van der Waals surface area (Å²) < 4.78 is 0. The quantitative estimate of drug-likeness (QED) is 0.819. The fraction of sp³-hybridized carbons (Fsp3) is 0.474. The van der Waals surface area contributed by atoms with Crippen LogP contribution in [0, 0.1) is 35.5 Å². The van der Waals surface area contributed by atoms with Crippen molar-refractivity contribution in [1.82, 2.24) is 5.32 Å². The predicted octanol–water partition coefficient (Wildman–Crippen LogP) is 2.11. The van der Waals surface area contributed by atoms with Gasteiger partial charge in [0.1, 0.15) is 0 Å². The van der Waals surface area contributed by atoms with E-state index in [9.17, 15) is 14.7 Å². The molecule has 0 aromatic heterocycles. The molecule has 0 radical (unpaired) electrons. The number of hydrogen-bond donors (Lipinski definition) is 2. The van der Waals surface area contributed by atoms with Crippen molar-refractivity contribution in [3.05, 3.63) is 48.0 Å². The van der Waals surface area contributed by atoms with Crippen LogP contribution in [0.25, 0.3) is 0 Å². The Labute approximate surface area is 135 Å². The van der Waals surface area contributed by atoms with E-state index in [1.54, 1.807) is 0 Å². The Morgan fingerprint density at radius 1 is 1.04 bits per heavy atom. The van der Waals surface area contributed by atoms with Crippen LogP contribution in [0.5, 0.6) is 0 Å². The van der Waals surface area contributed by atoms with E-state index in [-0.39, 0.29) is 17.7 Å². The van der Waals surface area contributed by atoms with Crippen molar-refractivity contribution in [2.75, 3.05) is 6.54 Å². The van der Waals surface area contributed by atoms with Gasteiger partial charge in [-0.3, -0.25) is 9.59 Å². The summed E-state index contributed by atoms with van der Waals surface area (Å²) in [6.45, 7) is 0.556. The van der Waals surface area contributed by atoms with Gasteiger partial charge in [0.25, 0.3) is 0 Å². The zero-order valence-electron chi connectivity index (χ0n) is 12.9. The average Bonchev–Trinajstić information content (AvgIpc) is 3.37. The van der Waals surface area contributed by atoms with Crippen molar-refractivity contribution in [3.63, 3.8) is 0 Å². The zero-order chi connectivity index (χ0) is 16.0. The highest BCUT2D eigenvalue weighted by atomic mass is 16.4. The molecule has 5 rings (SSSR count). The van der Waals surface area contributed by atoms with Gasteiger partial charge in [-0.2, -0.15) is 0 Å². The molecule has 0 heterocycles. The fourth-order valence-corrected chi connectivity index (χ4v) is 4.66. The molecule has 0 spiro atoms. The van der Waals surface area contributed by atoms with Gasteiger partial charge in [-0.15, -0.1) is 0 Å². The van der Waals surface area contributed by atoms with E-state index in [2.05, 4.69) is 11.4 Å². The largest absolute Gasteiger partial charge is 0.481 e. The van der Waals surface area contributed by atoms with Crippen LogP contribution in [0.2, 0.25) is 0 Å². The Hall–Kier alpha value is -2.10. The molecule has 2 saturated carbocycles. The summed E-state index contributed by atoms with van der Waals surface area (Å²) in [4.78, 5) is 24.4. The lowest BCUT2D eigenvalue weighted by Gasteiger charge is -2.41. The van der Waals surface area contributed by atoms with Gasteiger partial charge in [0.15, 0.2) is 0 Å². The molecule has 2 fully saturated rings. The molecule has 2 N–H and O–H groups in total. The molecule has 0 saturated heterocycles. The predicted molar refractivity (Wildman–Crippen MR) is 85.5 cm³/mol. The van der Waals surface area contributed by atoms with E-state index in [0.717, 1.165) is 12.8 Å². The van der Waals surface area contributed by atoms with Gasteiger partial charge in [0, 0.05) is 6.54 Å². The lowest BCUT2D eigenvalue weighted by molar-refractivity contribution is -0.153. The van der Waals surface area contributed by atoms with Crippen LogP contribution in [0.15, 0.2) is 42.5 Å². The highest BCUT2D eigenvalue weighted by Gasteiger charge is 2.62. The summed E-state index contributed by atoms with van der Waals surface area (Å²) in [6.07, 6.45) is 6.00. The first-order valence-corrected chi connectivity index (χ1v) is 8.39. The Balaban J connectivity index is 1.43. The maximum atomic E-state index is 12.6. The van der Waals surface area contributed by atoms with E-state index in [1.807, 2.05) is 36.4 Å². The topological polar surface area (TPSA) is 66.4 Å². The number of amides is 1.